The monoisotopic (exact) mass is 387 g/mol. The lowest BCUT2D eigenvalue weighted by Gasteiger charge is -2.12. The summed E-state index contributed by atoms with van der Waals surface area (Å²) in [6.07, 6.45) is 3.40. The van der Waals surface area contributed by atoms with Gasteiger partial charge in [-0.2, -0.15) is 4.98 Å². The number of hydrogen-bond donors (Lipinski definition) is 1. The SMILES string of the molecule is Cc1ccnc2nc(C(=O)NC(C)CCc3ccc(Br)cc3)nn12. The van der Waals surface area contributed by atoms with Gasteiger partial charge in [-0.15, -0.1) is 5.10 Å². The van der Waals surface area contributed by atoms with Crippen LogP contribution in [0.5, 0.6) is 0 Å². The fourth-order valence-electron chi connectivity index (χ4n) is 2.40. The lowest BCUT2D eigenvalue weighted by atomic mass is 10.1. The molecule has 1 amide bonds. The van der Waals surface area contributed by atoms with Gasteiger partial charge in [-0.1, -0.05) is 28.1 Å². The fraction of sp³-hybridized carbons (Fsp3) is 0.294. The number of amides is 1. The van der Waals surface area contributed by atoms with Gasteiger partial charge in [-0.3, -0.25) is 4.79 Å². The van der Waals surface area contributed by atoms with Crippen LogP contribution in [-0.4, -0.2) is 31.5 Å². The maximum Gasteiger partial charge on any atom is 0.291 e. The van der Waals surface area contributed by atoms with E-state index in [4.69, 9.17) is 0 Å². The number of carbonyl (C=O) groups is 1. The van der Waals surface area contributed by atoms with Gasteiger partial charge in [-0.05, 0) is 50.5 Å². The summed E-state index contributed by atoms with van der Waals surface area (Å²) in [6.45, 7) is 3.88. The number of hydrogen-bond acceptors (Lipinski definition) is 4. The second-order valence-corrected chi connectivity index (χ2v) is 6.69. The summed E-state index contributed by atoms with van der Waals surface area (Å²) in [5, 5.41) is 7.16. The van der Waals surface area contributed by atoms with Gasteiger partial charge >= 0.3 is 0 Å². The quantitative estimate of drug-likeness (QED) is 0.730. The van der Waals surface area contributed by atoms with Crippen LogP contribution < -0.4 is 5.32 Å². The zero-order valence-corrected chi connectivity index (χ0v) is 15.1. The Morgan fingerprint density at radius 2 is 2.04 bits per heavy atom. The summed E-state index contributed by atoms with van der Waals surface area (Å²) < 4.78 is 2.64. The molecule has 7 heteroatoms. The second-order valence-electron chi connectivity index (χ2n) is 5.77. The predicted octanol–water partition coefficient (Wildman–Crippen LogP) is 2.95. The molecule has 6 nitrogen and oxygen atoms in total. The first kappa shape index (κ1) is 16.6. The summed E-state index contributed by atoms with van der Waals surface area (Å²) in [5.41, 5.74) is 2.12. The van der Waals surface area contributed by atoms with E-state index in [9.17, 15) is 4.79 Å². The third-order valence-electron chi connectivity index (χ3n) is 3.79. The zero-order chi connectivity index (χ0) is 17.1. The summed E-state index contributed by atoms with van der Waals surface area (Å²) in [5.74, 6) is 0.304. The molecule has 124 valence electrons. The first-order valence-electron chi connectivity index (χ1n) is 7.76. The molecule has 3 rings (SSSR count). The molecule has 0 aliphatic carbocycles. The first-order valence-corrected chi connectivity index (χ1v) is 8.56. The van der Waals surface area contributed by atoms with Crippen molar-refractivity contribution in [1.82, 2.24) is 24.9 Å². The number of aromatic nitrogens is 4. The summed E-state index contributed by atoms with van der Waals surface area (Å²) in [4.78, 5) is 20.6. The van der Waals surface area contributed by atoms with E-state index in [0.717, 1.165) is 23.0 Å². The van der Waals surface area contributed by atoms with Crippen molar-refractivity contribution in [2.45, 2.75) is 32.7 Å². The van der Waals surface area contributed by atoms with Crippen LogP contribution in [0.3, 0.4) is 0 Å². The van der Waals surface area contributed by atoms with Crippen LogP contribution >= 0.6 is 15.9 Å². The molecule has 1 aromatic carbocycles. The molecule has 2 heterocycles. The predicted molar refractivity (Wildman–Crippen MR) is 94.9 cm³/mol. The Hall–Kier alpha value is -2.28. The molecule has 24 heavy (non-hydrogen) atoms. The summed E-state index contributed by atoms with van der Waals surface area (Å²) in [7, 11) is 0. The molecule has 0 saturated carbocycles. The number of halogens is 1. The molecule has 1 atom stereocenters. The van der Waals surface area contributed by atoms with Crippen LogP contribution in [0.1, 0.15) is 35.2 Å². The van der Waals surface area contributed by atoms with E-state index in [1.54, 1.807) is 10.7 Å². The zero-order valence-electron chi connectivity index (χ0n) is 13.5. The highest BCUT2D eigenvalue weighted by Crippen LogP contribution is 2.12. The normalized spacial score (nSPS) is 12.3. The summed E-state index contributed by atoms with van der Waals surface area (Å²) >= 11 is 3.43. The lowest BCUT2D eigenvalue weighted by Crippen LogP contribution is -2.33. The van der Waals surface area contributed by atoms with Crippen molar-refractivity contribution in [3.63, 3.8) is 0 Å². The average molecular weight is 388 g/mol. The molecule has 3 aromatic rings. The van der Waals surface area contributed by atoms with Crippen LogP contribution in [0.25, 0.3) is 5.78 Å². The van der Waals surface area contributed by atoms with E-state index in [0.29, 0.717) is 5.78 Å². The highest BCUT2D eigenvalue weighted by atomic mass is 79.9. The molecule has 1 unspecified atom stereocenters. The van der Waals surface area contributed by atoms with Crippen LogP contribution in [0.2, 0.25) is 0 Å². The largest absolute Gasteiger partial charge is 0.347 e. The van der Waals surface area contributed by atoms with Crippen molar-refractivity contribution in [2.24, 2.45) is 0 Å². The third kappa shape index (κ3) is 3.79. The Kier molecular flexibility index (Phi) is 4.89. The van der Waals surface area contributed by atoms with Crippen molar-refractivity contribution in [2.75, 3.05) is 0 Å². The standard InChI is InChI=1S/C17H18BrN5O/c1-11(3-4-13-5-7-14(18)8-6-13)20-16(24)15-21-17-19-10-9-12(2)23(17)22-15/h5-11H,3-4H2,1-2H3,(H,20,24). The Morgan fingerprint density at radius 3 is 2.75 bits per heavy atom. The second kappa shape index (κ2) is 7.09. The lowest BCUT2D eigenvalue weighted by molar-refractivity contribution is 0.0928. The van der Waals surface area contributed by atoms with E-state index < -0.39 is 0 Å². The van der Waals surface area contributed by atoms with Gasteiger partial charge in [0.05, 0.1) is 0 Å². The molecule has 0 spiro atoms. The van der Waals surface area contributed by atoms with Crippen LogP contribution in [0.4, 0.5) is 0 Å². The van der Waals surface area contributed by atoms with Crippen molar-refractivity contribution in [3.8, 4) is 0 Å². The molecular weight excluding hydrogens is 370 g/mol. The molecule has 1 N–H and O–H groups in total. The minimum Gasteiger partial charge on any atom is -0.347 e. The van der Waals surface area contributed by atoms with Gasteiger partial charge in [0, 0.05) is 22.4 Å². The topological polar surface area (TPSA) is 72.2 Å². The average Bonchev–Trinajstić information content (AvgIpc) is 3.00. The highest BCUT2D eigenvalue weighted by molar-refractivity contribution is 9.10. The molecule has 0 saturated heterocycles. The van der Waals surface area contributed by atoms with Crippen LogP contribution in [0, 0.1) is 6.92 Å². The summed E-state index contributed by atoms with van der Waals surface area (Å²) in [6, 6.07) is 10.1. The fourth-order valence-corrected chi connectivity index (χ4v) is 2.66. The van der Waals surface area contributed by atoms with Gasteiger partial charge in [0.1, 0.15) is 0 Å². The maximum atomic E-state index is 12.3. The Morgan fingerprint density at radius 1 is 1.29 bits per heavy atom. The van der Waals surface area contributed by atoms with Gasteiger partial charge in [0.25, 0.3) is 11.7 Å². The number of benzene rings is 1. The molecular formula is C17H18BrN5O. The van der Waals surface area contributed by atoms with E-state index in [1.165, 1.54) is 5.56 Å². The van der Waals surface area contributed by atoms with E-state index >= 15 is 0 Å². The van der Waals surface area contributed by atoms with E-state index in [2.05, 4.69) is 48.4 Å². The molecule has 0 fully saturated rings. The van der Waals surface area contributed by atoms with Crippen LogP contribution in [0.15, 0.2) is 41.0 Å². The van der Waals surface area contributed by atoms with Crippen molar-refractivity contribution >= 4 is 27.6 Å². The van der Waals surface area contributed by atoms with Gasteiger partial charge in [0.15, 0.2) is 0 Å². The Labute approximate surface area is 148 Å². The van der Waals surface area contributed by atoms with Crippen molar-refractivity contribution < 1.29 is 4.79 Å². The van der Waals surface area contributed by atoms with Crippen molar-refractivity contribution in [1.29, 1.82) is 0 Å². The first-order chi connectivity index (χ1) is 11.5. The van der Waals surface area contributed by atoms with E-state index in [-0.39, 0.29) is 17.8 Å². The van der Waals surface area contributed by atoms with Gasteiger partial charge in [-0.25, -0.2) is 9.50 Å². The molecule has 0 aliphatic rings. The highest BCUT2D eigenvalue weighted by Gasteiger charge is 2.16. The maximum absolute atomic E-state index is 12.3. The minimum atomic E-state index is -0.275. The number of carbonyl (C=O) groups excluding carboxylic acids is 1. The van der Waals surface area contributed by atoms with E-state index in [1.807, 2.05) is 32.0 Å². The molecule has 0 aliphatic heterocycles. The molecule has 0 bridgehead atoms. The molecule has 0 radical (unpaired) electrons. The number of rotatable bonds is 5. The number of aryl methyl sites for hydroxylation is 2. The Bertz CT molecular complexity index is 859. The number of nitrogens with one attached hydrogen (secondary N) is 1. The minimum absolute atomic E-state index is 0.0295. The molecule has 2 aromatic heterocycles. The van der Waals surface area contributed by atoms with Crippen LogP contribution in [-0.2, 0) is 6.42 Å². The van der Waals surface area contributed by atoms with Gasteiger partial charge < -0.3 is 5.32 Å². The smallest absolute Gasteiger partial charge is 0.291 e. The third-order valence-corrected chi connectivity index (χ3v) is 4.32. The van der Waals surface area contributed by atoms with Crippen molar-refractivity contribution in [3.05, 3.63) is 58.1 Å². The number of fused-ring (bicyclic) bond motifs is 1. The number of nitrogens with zero attached hydrogens (tertiary/aromatic N) is 4. The van der Waals surface area contributed by atoms with Gasteiger partial charge in [0.2, 0.25) is 5.82 Å². The Balaban J connectivity index is 1.60.